The summed E-state index contributed by atoms with van der Waals surface area (Å²) in [6.07, 6.45) is 0.622. The highest BCUT2D eigenvalue weighted by atomic mass is 16.5. The first-order chi connectivity index (χ1) is 15.5. The molecule has 0 saturated carbocycles. The summed E-state index contributed by atoms with van der Waals surface area (Å²) in [5.74, 6) is 0. The van der Waals surface area contributed by atoms with Gasteiger partial charge in [-0.25, -0.2) is 0 Å². The maximum atomic E-state index is 14.0. The third kappa shape index (κ3) is 6.05. The Morgan fingerprint density at radius 2 is 1.12 bits per heavy atom. The van der Waals surface area contributed by atoms with Crippen molar-refractivity contribution >= 4 is 0 Å². The van der Waals surface area contributed by atoms with Crippen LogP contribution >= 0.6 is 0 Å². The van der Waals surface area contributed by atoms with Crippen molar-refractivity contribution < 1.29 is 14.7 Å². The minimum absolute atomic E-state index is 0.300. The maximum Gasteiger partial charge on any atom is 0.0979 e. The van der Waals surface area contributed by atoms with Crippen molar-refractivity contribution in [3.8, 4) is 0 Å². The van der Waals surface area contributed by atoms with Crippen LogP contribution in [0.2, 0.25) is 0 Å². The summed E-state index contributed by atoms with van der Waals surface area (Å²) in [5, 5.41) is 15.2. The normalized spacial score (nSPS) is 13.8. The van der Waals surface area contributed by atoms with Gasteiger partial charge in [0.1, 0.15) is 0 Å². The van der Waals surface area contributed by atoms with E-state index in [0.717, 1.165) is 16.7 Å². The van der Waals surface area contributed by atoms with E-state index in [1.807, 2.05) is 112 Å². The Kier molecular flexibility index (Phi) is 8.60. The predicted octanol–water partition coefficient (Wildman–Crippen LogP) is 6.15. The molecule has 4 heteroatoms. The van der Waals surface area contributed by atoms with Crippen LogP contribution in [0.4, 0.5) is 0 Å². The number of ether oxygens (including phenoxy) is 2. The van der Waals surface area contributed by atoms with Gasteiger partial charge in [0.05, 0.1) is 37.5 Å². The fraction of sp³-hybridized carbons (Fsp3) is 0.357. The van der Waals surface area contributed by atoms with Crippen molar-refractivity contribution in [2.75, 3.05) is 13.2 Å². The maximum absolute atomic E-state index is 14.0. The van der Waals surface area contributed by atoms with Gasteiger partial charge in [-0.05, 0) is 37.0 Å². The number of benzene rings is 3. The highest BCUT2D eigenvalue weighted by Crippen LogP contribution is 2.37. The second kappa shape index (κ2) is 11.4. The van der Waals surface area contributed by atoms with E-state index in [-0.39, 0.29) is 0 Å². The van der Waals surface area contributed by atoms with E-state index < -0.39 is 11.1 Å². The van der Waals surface area contributed by atoms with Crippen LogP contribution in [0.1, 0.15) is 43.9 Å². The van der Waals surface area contributed by atoms with Gasteiger partial charge in [0.25, 0.3) is 0 Å². The first-order valence-electron chi connectivity index (χ1n) is 11.2. The van der Waals surface area contributed by atoms with Gasteiger partial charge >= 0.3 is 0 Å². The second-order valence-corrected chi connectivity index (χ2v) is 8.81. The summed E-state index contributed by atoms with van der Waals surface area (Å²) in [7, 11) is 0. The first kappa shape index (κ1) is 24.1. The molecule has 1 atom stereocenters. The molecule has 0 amide bonds. The van der Waals surface area contributed by atoms with Crippen LogP contribution in [-0.2, 0) is 33.4 Å². The lowest BCUT2D eigenvalue weighted by Gasteiger charge is -2.45. The molecule has 0 fully saturated rings. The molecule has 0 aromatic heterocycles. The number of hydroxylamine groups is 2. The molecule has 4 nitrogen and oxygen atoms in total. The molecule has 3 aromatic rings. The van der Waals surface area contributed by atoms with Gasteiger partial charge in [-0.1, -0.05) is 97.9 Å². The summed E-state index contributed by atoms with van der Waals surface area (Å²) < 4.78 is 12.1. The molecule has 1 unspecified atom stereocenters. The Morgan fingerprint density at radius 3 is 1.59 bits per heavy atom. The summed E-state index contributed by atoms with van der Waals surface area (Å²) in [6.45, 7) is 7.49. The molecule has 169 valence electrons. The Morgan fingerprint density at radius 1 is 0.688 bits per heavy atom. The zero-order chi connectivity index (χ0) is 22.9. The highest BCUT2D eigenvalue weighted by Gasteiger charge is 2.45. The molecular weight excluding hydrogens is 398 g/mol. The average molecular weight is 433 g/mol. The van der Waals surface area contributed by atoms with Gasteiger partial charge in [-0.15, -0.1) is 10.3 Å². The lowest BCUT2D eigenvalue weighted by atomic mass is 9.84. The molecule has 32 heavy (non-hydrogen) atoms. The fourth-order valence-corrected chi connectivity index (χ4v) is 4.00. The molecule has 0 bridgehead atoms. The molecule has 0 aliphatic heterocycles. The van der Waals surface area contributed by atoms with Gasteiger partial charge in [0.15, 0.2) is 0 Å². The van der Waals surface area contributed by atoms with Gasteiger partial charge < -0.3 is 9.47 Å². The monoisotopic (exact) mass is 432 g/mol. The first-order valence-corrected chi connectivity index (χ1v) is 11.2. The summed E-state index contributed by atoms with van der Waals surface area (Å²) in [6, 6.07) is 30.0. The van der Waals surface area contributed by atoms with Crippen LogP contribution in [0.3, 0.4) is 0 Å². The smallest absolute Gasteiger partial charge is 0.0979 e. The highest BCUT2D eigenvalue weighted by molar-refractivity contribution is 5.25. The third-order valence-corrected chi connectivity index (χ3v) is 5.85. The molecule has 0 heterocycles. The predicted molar refractivity (Wildman–Crippen MR) is 127 cm³/mol. The lowest BCUT2D eigenvalue weighted by Crippen LogP contribution is -2.57. The van der Waals surface area contributed by atoms with Crippen LogP contribution in [0.15, 0.2) is 91.0 Å². The topological polar surface area (TPSA) is 41.6 Å². The molecule has 3 rings (SSSR count). The van der Waals surface area contributed by atoms with E-state index in [1.54, 1.807) is 0 Å². The SMILES string of the molecule is CCC(COCc1ccccc1)(c1ccccc1)N([O])C(C)(C)COCc1ccccc1. The zero-order valence-corrected chi connectivity index (χ0v) is 19.4. The quantitative estimate of drug-likeness (QED) is 0.322. The van der Waals surface area contributed by atoms with E-state index in [9.17, 15) is 5.21 Å². The average Bonchev–Trinajstić information content (AvgIpc) is 2.83. The number of rotatable bonds is 12. The Balaban J connectivity index is 1.75. The third-order valence-electron chi connectivity index (χ3n) is 5.85. The second-order valence-electron chi connectivity index (χ2n) is 8.81. The summed E-state index contributed by atoms with van der Waals surface area (Å²) >= 11 is 0. The molecule has 3 aromatic carbocycles. The van der Waals surface area contributed by atoms with Crippen LogP contribution in [-0.4, -0.2) is 23.8 Å². The standard InChI is InChI=1S/C28H34NO3/c1-4-28(26-18-12-7-13-19-26,23-32-21-25-16-10-6-11-17-25)29(30)27(2,3)22-31-20-24-14-8-5-9-15-24/h5-19H,4,20-23H2,1-3H3. The van der Waals surface area contributed by atoms with Crippen LogP contribution in [0.25, 0.3) is 0 Å². The van der Waals surface area contributed by atoms with Crippen molar-refractivity contribution in [1.29, 1.82) is 0 Å². The molecule has 0 aliphatic carbocycles. The number of hydrogen-bond acceptors (Lipinski definition) is 3. The van der Waals surface area contributed by atoms with Crippen LogP contribution < -0.4 is 0 Å². The molecule has 0 aliphatic rings. The van der Waals surface area contributed by atoms with E-state index in [4.69, 9.17) is 9.47 Å². The van der Waals surface area contributed by atoms with Crippen LogP contribution in [0, 0.1) is 0 Å². The molecular formula is C28H34NO3. The lowest BCUT2D eigenvalue weighted by molar-refractivity contribution is -0.304. The van der Waals surface area contributed by atoms with Crippen molar-refractivity contribution in [2.24, 2.45) is 0 Å². The fourth-order valence-electron chi connectivity index (χ4n) is 4.00. The van der Waals surface area contributed by atoms with Gasteiger partial charge in [0.2, 0.25) is 0 Å². The largest absolute Gasteiger partial charge is 0.375 e. The van der Waals surface area contributed by atoms with E-state index in [1.165, 1.54) is 5.06 Å². The van der Waals surface area contributed by atoms with Gasteiger partial charge in [-0.2, -0.15) is 0 Å². The Bertz CT molecular complexity index is 915. The Labute approximate surface area is 192 Å². The van der Waals surface area contributed by atoms with Gasteiger partial charge in [0, 0.05) is 0 Å². The summed E-state index contributed by atoms with van der Waals surface area (Å²) in [5.41, 5.74) is 1.60. The van der Waals surface area contributed by atoms with E-state index in [2.05, 4.69) is 0 Å². The number of hydrogen-bond donors (Lipinski definition) is 0. The summed E-state index contributed by atoms with van der Waals surface area (Å²) in [4.78, 5) is 0. The van der Waals surface area contributed by atoms with E-state index >= 15 is 0 Å². The van der Waals surface area contributed by atoms with Gasteiger partial charge in [-0.3, -0.25) is 0 Å². The van der Waals surface area contributed by atoms with Crippen molar-refractivity contribution in [2.45, 2.75) is 51.5 Å². The zero-order valence-electron chi connectivity index (χ0n) is 19.4. The molecule has 0 spiro atoms. The van der Waals surface area contributed by atoms with Crippen molar-refractivity contribution in [3.05, 3.63) is 108 Å². The minimum atomic E-state index is -0.810. The van der Waals surface area contributed by atoms with Crippen LogP contribution in [0.5, 0.6) is 0 Å². The Hall–Kier alpha value is -2.50. The molecule has 1 radical (unpaired) electrons. The molecule has 0 N–H and O–H groups in total. The number of nitrogens with zero attached hydrogens (tertiary/aromatic N) is 1. The van der Waals surface area contributed by atoms with Crippen molar-refractivity contribution in [3.63, 3.8) is 0 Å². The molecule has 0 saturated heterocycles. The van der Waals surface area contributed by atoms with Crippen molar-refractivity contribution in [1.82, 2.24) is 5.06 Å². The minimum Gasteiger partial charge on any atom is -0.375 e. The van der Waals surface area contributed by atoms with E-state index in [0.29, 0.717) is 32.8 Å².